The SMILES string of the molecule is CC(C)C(=O)N1CC(C(C)O)C1. The maximum Gasteiger partial charge on any atom is 0.225 e. The molecule has 70 valence electrons. The largest absolute Gasteiger partial charge is 0.393 e. The number of hydrogen-bond acceptors (Lipinski definition) is 2. The molecule has 1 unspecified atom stereocenters. The summed E-state index contributed by atoms with van der Waals surface area (Å²) < 4.78 is 0. The lowest BCUT2D eigenvalue weighted by atomic mass is 9.93. The summed E-state index contributed by atoms with van der Waals surface area (Å²) in [7, 11) is 0. The molecule has 0 saturated carbocycles. The number of aliphatic hydroxyl groups is 1. The van der Waals surface area contributed by atoms with Crippen molar-refractivity contribution >= 4 is 5.91 Å². The van der Waals surface area contributed by atoms with E-state index in [9.17, 15) is 9.90 Å². The molecule has 12 heavy (non-hydrogen) atoms. The minimum Gasteiger partial charge on any atom is -0.393 e. The number of nitrogens with zero attached hydrogens (tertiary/aromatic N) is 1. The summed E-state index contributed by atoms with van der Waals surface area (Å²) in [6.07, 6.45) is -0.277. The number of aliphatic hydroxyl groups excluding tert-OH is 1. The van der Waals surface area contributed by atoms with Crippen LogP contribution in [-0.4, -0.2) is 35.1 Å². The van der Waals surface area contributed by atoms with Gasteiger partial charge in [0, 0.05) is 24.9 Å². The molecule has 1 aliphatic rings. The first-order chi connectivity index (χ1) is 5.52. The van der Waals surface area contributed by atoms with Gasteiger partial charge in [-0.15, -0.1) is 0 Å². The van der Waals surface area contributed by atoms with E-state index in [2.05, 4.69) is 0 Å². The molecular formula is C9H17NO2. The van der Waals surface area contributed by atoms with Crippen molar-refractivity contribution in [1.29, 1.82) is 0 Å². The number of amides is 1. The molecule has 3 nitrogen and oxygen atoms in total. The Morgan fingerprint density at radius 3 is 2.25 bits per heavy atom. The Morgan fingerprint density at radius 2 is 1.92 bits per heavy atom. The highest BCUT2D eigenvalue weighted by molar-refractivity contribution is 5.78. The lowest BCUT2D eigenvalue weighted by Gasteiger charge is -2.41. The van der Waals surface area contributed by atoms with E-state index in [1.165, 1.54) is 0 Å². The quantitative estimate of drug-likeness (QED) is 0.656. The van der Waals surface area contributed by atoms with E-state index in [0.717, 1.165) is 13.1 Å². The Labute approximate surface area is 73.4 Å². The predicted octanol–water partition coefficient (Wildman–Crippen LogP) is 0.482. The van der Waals surface area contributed by atoms with E-state index in [0.29, 0.717) is 5.92 Å². The summed E-state index contributed by atoms with van der Waals surface area (Å²) in [6, 6.07) is 0. The van der Waals surface area contributed by atoms with Crippen LogP contribution < -0.4 is 0 Å². The standard InChI is InChI=1S/C9H17NO2/c1-6(2)9(12)10-4-8(5-10)7(3)11/h6-8,11H,4-5H2,1-3H3. The molecule has 0 spiro atoms. The third kappa shape index (κ3) is 1.78. The number of rotatable bonds is 2. The molecule has 1 rings (SSSR count). The smallest absolute Gasteiger partial charge is 0.225 e. The van der Waals surface area contributed by atoms with E-state index < -0.39 is 0 Å². The van der Waals surface area contributed by atoms with Crippen LogP contribution in [0.4, 0.5) is 0 Å². The van der Waals surface area contributed by atoms with Crippen LogP contribution in [0.2, 0.25) is 0 Å². The molecule has 0 aromatic carbocycles. The van der Waals surface area contributed by atoms with Gasteiger partial charge >= 0.3 is 0 Å². The fourth-order valence-corrected chi connectivity index (χ4v) is 1.36. The second-order valence-electron chi connectivity index (χ2n) is 3.90. The Balaban J connectivity index is 2.30. The molecule has 0 aromatic rings. The Kier molecular flexibility index (Phi) is 2.73. The summed E-state index contributed by atoms with van der Waals surface area (Å²) in [5, 5.41) is 9.17. The van der Waals surface area contributed by atoms with Crippen molar-refractivity contribution in [2.24, 2.45) is 11.8 Å². The van der Waals surface area contributed by atoms with Crippen LogP contribution in [0.25, 0.3) is 0 Å². The third-order valence-corrected chi connectivity index (χ3v) is 2.40. The summed E-state index contributed by atoms with van der Waals surface area (Å²) in [6.45, 7) is 7.04. The van der Waals surface area contributed by atoms with Crippen molar-refractivity contribution < 1.29 is 9.90 Å². The molecule has 3 heteroatoms. The van der Waals surface area contributed by atoms with Gasteiger partial charge in [0.25, 0.3) is 0 Å². The van der Waals surface area contributed by atoms with E-state index in [1.807, 2.05) is 18.7 Å². The van der Waals surface area contributed by atoms with Crippen LogP contribution in [0.5, 0.6) is 0 Å². The van der Waals surface area contributed by atoms with Gasteiger partial charge in [-0.3, -0.25) is 4.79 Å². The van der Waals surface area contributed by atoms with Gasteiger partial charge in [0.2, 0.25) is 5.91 Å². The zero-order valence-electron chi connectivity index (χ0n) is 7.95. The average molecular weight is 171 g/mol. The van der Waals surface area contributed by atoms with Crippen molar-refractivity contribution in [3.8, 4) is 0 Å². The molecule has 1 fully saturated rings. The van der Waals surface area contributed by atoms with Crippen molar-refractivity contribution in [2.75, 3.05) is 13.1 Å². The van der Waals surface area contributed by atoms with Gasteiger partial charge in [-0.1, -0.05) is 13.8 Å². The summed E-state index contributed by atoms with van der Waals surface area (Å²) in [4.78, 5) is 13.1. The summed E-state index contributed by atoms with van der Waals surface area (Å²) >= 11 is 0. The van der Waals surface area contributed by atoms with Crippen LogP contribution in [0.1, 0.15) is 20.8 Å². The van der Waals surface area contributed by atoms with Crippen LogP contribution in [-0.2, 0) is 4.79 Å². The van der Waals surface area contributed by atoms with Gasteiger partial charge in [0.05, 0.1) is 6.10 Å². The monoisotopic (exact) mass is 171 g/mol. The van der Waals surface area contributed by atoms with Gasteiger partial charge in [-0.25, -0.2) is 0 Å². The molecule has 1 atom stereocenters. The minimum atomic E-state index is -0.277. The number of carbonyl (C=O) groups excluding carboxylic acids is 1. The molecular weight excluding hydrogens is 154 g/mol. The van der Waals surface area contributed by atoms with Crippen LogP contribution in [0, 0.1) is 11.8 Å². The first-order valence-electron chi connectivity index (χ1n) is 4.49. The second kappa shape index (κ2) is 3.44. The maximum atomic E-state index is 11.3. The Hall–Kier alpha value is -0.570. The number of hydrogen-bond donors (Lipinski definition) is 1. The Morgan fingerprint density at radius 1 is 1.42 bits per heavy atom. The predicted molar refractivity (Wildman–Crippen MR) is 46.6 cm³/mol. The van der Waals surface area contributed by atoms with Crippen molar-refractivity contribution in [2.45, 2.75) is 26.9 Å². The van der Waals surface area contributed by atoms with Crippen molar-refractivity contribution in [3.63, 3.8) is 0 Å². The molecule has 1 N–H and O–H groups in total. The fourth-order valence-electron chi connectivity index (χ4n) is 1.36. The van der Waals surface area contributed by atoms with Crippen LogP contribution >= 0.6 is 0 Å². The van der Waals surface area contributed by atoms with Crippen LogP contribution in [0.3, 0.4) is 0 Å². The van der Waals surface area contributed by atoms with E-state index >= 15 is 0 Å². The van der Waals surface area contributed by atoms with Gasteiger partial charge in [-0.05, 0) is 6.92 Å². The first kappa shape index (κ1) is 9.52. The van der Waals surface area contributed by atoms with Crippen molar-refractivity contribution in [3.05, 3.63) is 0 Å². The summed E-state index contributed by atoms with van der Waals surface area (Å²) in [5.74, 6) is 0.583. The average Bonchev–Trinajstić information content (AvgIpc) is 1.82. The van der Waals surface area contributed by atoms with Gasteiger partial charge in [-0.2, -0.15) is 0 Å². The zero-order valence-corrected chi connectivity index (χ0v) is 7.95. The zero-order chi connectivity index (χ0) is 9.30. The van der Waals surface area contributed by atoms with Crippen molar-refractivity contribution in [1.82, 2.24) is 4.90 Å². The lowest BCUT2D eigenvalue weighted by Crippen LogP contribution is -2.54. The maximum absolute atomic E-state index is 11.3. The van der Waals surface area contributed by atoms with E-state index in [1.54, 1.807) is 6.92 Å². The molecule has 1 amide bonds. The molecule has 1 aliphatic heterocycles. The molecule has 1 saturated heterocycles. The highest BCUT2D eigenvalue weighted by atomic mass is 16.3. The minimum absolute atomic E-state index is 0.0833. The number of likely N-dealkylation sites (tertiary alicyclic amines) is 1. The molecule has 0 bridgehead atoms. The van der Waals surface area contributed by atoms with E-state index in [4.69, 9.17) is 0 Å². The fraction of sp³-hybridized carbons (Fsp3) is 0.889. The second-order valence-corrected chi connectivity index (χ2v) is 3.90. The van der Waals surface area contributed by atoms with Gasteiger partial charge < -0.3 is 10.0 Å². The van der Waals surface area contributed by atoms with Gasteiger partial charge in [0.1, 0.15) is 0 Å². The first-order valence-corrected chi connectivity index (χ1v) is 4.49. The lowest BCUT2D eigenvalue weighted by molar-refractivity contribution is -0.143. The summed E-state index contributed by atoms with van der Waals surface area (Å²) in [5.41, 5.74) is 0. The van der Waals surface area contributed by atoms with Crippen LogP contribution in [0.15, 0.2) is 0 Å². The third-order valence-electron chi connectivity index (χ3n) is 2.40. The molecule has 0 aromatic heterocycles. The molecule has 1 heterocycles. The molecule has 0 radical (unpaired) electrons. The highest BCUT2D eigenvalue weighted by Crippen LogP contribution is 2.20. The highest BCUT2D eigenvalue weighted by Gasteiger charge is 2.34. The molecule has 0 aliphatic carbocycles. The number of carbonyl (C=O) groups is 1. The Bertz CT molecular complexity index is 171. The van der Waals surface area contributed by atoms with Gasteiger partial charge in [0.15, 0.2) is 0 Å². The normalized spacial score (nSPS) is 20.9. The van der Waals surface area contributed by atoms with E-state index in [-0.39, 0.29) is 17.9 Å². The topological polar surface area (TPSA) is 40.5 Å².